The van der Waals surface area contributed by atoms with Crippen molar-refractivity contribution in [1.29, 1.82) is 0 Å². The summed E-state index contributed by atoms with van der Waals surface area (Å²) in [5.41, 5.74) is 0.430. The zero-order chi connectivity index (χ0) is 19.2. The van der Waals surface area contributed by atoms with Crippen LogP contribution in [0.5, 0.6) is 0 Å². The first-order valence-electron chi connectivity index (χ1n) is 8.86. The molecule has 0 atom stereocenters. The molecule has 0 unspecified atom stereocenters. The van der Waals surface area contributed by atoms with Crippen molar-refractivity contribution in [3.8, 4) is 0 Å². The number of nitrogens with one attached hydrogen (secondary N) is 1. The van der Waals surface area contributed by atoms with Gasteiger partial charge in [0.05, 0.1) is 5.69 Å². The maximum atomic E-state index is 12.5. The topological polar surface area (TPSA) is 94.3 Å². The fourth-order valence-electron chi connectivity index (χ4n) is 2.70. The highest BCUT2D eigenvalue weighted by Crippen LogP contribution is 2.12. The molecule has 27 heavy (non-hydrogen) atoms. The van der Waals surface area contributed by atoms with Gasteiger partial charge in [0.1, 0.15) is 12.0 Å². The van der Waals surface area contributed by atoms with Crippen LogP contribution < -0.4 is 5.32 Å². The number of piperazine rings is 1. The van der Waals surface area contributed by atoms with Crippen LogP contribution in [0.4, 0.5) is 0 Å². The third-order valence-corrected chi connectivity index (χ3v) is 6.41. The van der Waals surface area contributed by atoms with Crippen molar-refractivity contribution in [1.82, 2.24) is 24.6 Å². The third-order valence-electron chi connectivity index (χ3n) is 4.59. The molecule has 1 aliphatic rings. The van der Waals surface area contributed by atoms with Crippen LogP contribution in [0.15, 0.2) is 21.8 Å². The second-order valence-electron chi connectivity index (χ2n) is 6.68. The first-order valence-corrected chi connectivity index (χ1v) is 10.5. The molecule has 0 bridgehead atoms. The maximum Gasteiger partial charge on any atom is 0.220 e. The second kappa shape index (κ2) is 11.2. The molecule has 156 valence electrons. The number of aliphatic imine (C=N–C) groups is 1. The second-order valence-corrected chi connectivity index (χ2v) is 8.65. The van der Waals surface area contributed by atoms with E-state index in [0.717, 1.165) is 19.0 Å². The Labute approximate surface area is 179 Å². The molecule has 9 nitrogen and oxygen atoms in total. The van der Waals surface area contributed by atoms with Crippen molar-refractivity contribution >= 4 is 40.0 Å². The van der Waals surface area contributed by atoms with Gasteiger partial charge >= 0.3 is 0 Å². The Morgan fingerprint density at radius 1 is 1.37 bits per heavy atom. The molecule has 0 aromatic carbocycles. The van der Waals surface area contributed by atoms with Crippen LogP contribution in [0.25, 0.3) is 0 Å². The van der Waals surface area contributed by atoms with Gasteiger partial charge in [0, 0.05) is 58.4 Å². The van der Waals surface area contributed by atoms with E-state index in [1.54, 1.807) is 13.1 Å². The number of likely N-dealkylation sites (N-methyl/N-ethyl adjacent to an activating group) is 1. The Morgan fingerprint density at radius 2 is 2.04 bits per heavy atom. The van der Waals surface area contributed by atoms with Crippen molar-refractivity contribution in [3.63, 3.8) is 0 Å². The molecule has 1 fully saturated rings. The van der Waals surface area contributed by atoms with Crippen molar-refractivity contribution < 1.29 is 12.9 Å². The fourth-order valence-corrected chi connectivity index (χ4v) is 4.13. The minimum Gasteiger partial charge on any atom is -0.364 e. The average molecular weight is 514 g/mol. The molecule has 1 saturated heterocycles. The zero-order valence-corrected chi connectivity index (χ0v) is 19.6. The van der Waals surface area contributed by atoms with Crippen LogP contribution >= 0.6 is 24.0 Å². The monoisotopic (exact) mass is 514 g/mol. The minimum atomic E-state index is -3.38. The fraction of sp³-hybridized carbons (Fsp3) is 0.750. The SMILES string of the molecule is CN=C(NCCN(C)C(C)C)N1CCN(S(=O)(=O)Cc2ccon2)CC1.I. The van der Waals surface area contributed by atoms with Gasteiger partial charge in [-0.1, -0.05) is 5.16 Å². The molecule has 11 heteroatoms. The molecule has 0 spiro atoms. The van der Waals surface area contributed by atoms with Crippen LogP contribution in [0, 0.1) is 0 Å². The van der Waals surface area contributed by atoms with Crippen LogP contribution in [-0.2, 0) is 15.8 Å². The molecule has 2 heterocycles. The van der Waals surface area contributed by atoms with Crippen molar-refractivity contribution in [2.24, 2.45) is 4.99 Å². The Kier molecular flexibility index (Phi) is 9.98. The van der Waals surface area contributed by atoms with E-state index >= 15 is 0 Å². The molecule has 1 aliphatic heterocycles. The molecular formula is C16H31IN6O3S. The van der Waals surface area contributed by atoms with Crippen LogP contribution in [0.2, 0.25) is 0 Å². The molecule has 1 aromatic rings. The van der Waals surface area contributed by atoms with Gasteiger partial charge in [-0.2, -0.15) is 4.31 Å². The average Bonchev–Trinajstić information content (AvgIpc) is 3.11. The predicted octanol–water partition coefficient (Wildman–Crippen LogP) is 0.656. The predicted molar refractivity (Wildman–Crippen MR) is 117 cm³/mol. The zero-order valence-electron chi connectivity index (χ0n) is 16.5. The van der Waals surface area contributed by atoms with E-state index in [0.29, 0.717) is 37.9 Å². The summed E-state index contributed by atoms with van der Waals surface area (Å²) in [5, 5.41) is 7.05. The minimum absolute atomic E-state index is 0. The number of rotatable bonds is 7. The lowest BCUT2D eigenvalue weighted by Crippen LogP contribution is -2.54. The number of nitrogens with zero attached hydrogens (tertiary/aromatic N) is 5. The number of aromatic nitrogens is 1. The summed E-state index contributed by atoms with van der Waals surface area (Å²) in [6.07, 6.45) is 1.38. The normalized spacial score (nSPS) is 16.7. The summed E-state index contributed by atoms with van der Waals surface area (Å²) in [6, 6.07) is 2.07. The third kappa shape index (κ3) is 7.20. The van der Waals surface area contributed by atoms with Gasteiger partial charge in [-0.3, -0.25) is 4.99 Å². The van der Waals surface area contributed by atoms with Crippen LogP contribution in [0.1, 0.15) is 19.5 Å². The Morgan fingerprint density at radius 3 is 2.56 bits per heavy atom. The highest BCUT2D eigenvalue weighted by molar-refractivity contribution is 14.0. The van der Waals surface area contributed by atoms with Crippen LogP contribution in [0.3, 0.4) is 0 Å². The number of halogens is 1. The van der Waals surface area contributed by atoms with E-state index in [-0.39, 0.29) is 29.7 Å². The smallest absolute Gasteiger partial charge is 0.220 e. The van der Waals surface area contributed by atoms with E-state index < -0.39 is 10.0 Å². The molecule has 0 aliphatic carbocycles. The molecule has 2 rings (SSSR count). The van der Waals surface area contributed by atoms with Gasteiger partial charge in [0.25, 0.3) is 0 Å². The quantitative estimate of drug-likeness (QED) is 0.325. The Hall–Kier alpha value is -0.920. The molecule has 1 N–H and O–H groups in total. The molecule has 0 radical (unpaired) electrons. The standard InChI is InChI=1S/C16H30N6O3S.HI/c1-14(2)20(4)7-6-18-16(17-3)21-8-10-22(11-9-21)26(23,24)13-15-5-12-25-19-15;/h5,12,14H,6-11,13H2,1-4H3,(H,17,18);1H. The molecular weight excluding hydrogens is 483 g/mol. The van der Waals surface area contributed by atoms with Gasteiger partial charge < -0.3 is 19.6 Å². The summed E-state index contributed by atoms with van der Waals surface area (Å²) in [6.45, 7) is 8.13. The number of hydrogen-bond acceptors (Lipinski definition) is 6. The van der Waals surface area contributed by atoms with Crippen molar-refractivity contribution in [2.75, 3.05) is 53.4 Å². The highest BCUT2D eigenvalue weighted by atomic mass is 127. The first kappa shape index (κ1) is 24.1. The maximum absolute atomic E-state index is 12.5. The van der Waals surface area contributed by atoms with E-state index in [1.807, 2.05) is 0 Å². The first-order chi connectivity index (χ1) is 12.3. The molecule has 0 saturated carbocycles. The number of guanidine groups is 1. The number of hydrogen-bond donors (Lipinski definition) is 1. The van der Waals surface area contributed by atoms with Gasteiger partial charge in [-0.05, 0) is 20.9 Å². The summed E-state index contributed by atoms with van der Waals surface area (Å²) in [7, 11) is 0.460. The largest absolute Gasteiger partial charge is 0.364 e. The van der Waals surface area contributed by atoms with Gasteiger partial charge in [-0.25, -0.2) is 8.42 Å². The lowest BCUT2D eigenvalue weighted by atomic mass is 10.3. The van der Waals surface area contributed by atoms with Gasteiger partial charge in [-0.15, -0.1) is 24.0 Å². The van der Waals surface area contributed by atoms with Gasteiger partial charge in [0.15, 0.2) is 5.96 Å². The Balaban J connectivity index is 0.00000364. The summed E-state index contributed by atoms with van der Waals surface area (Å²) >= 11 is 0. The van der Waals surface area contributed by atoms with Crippen LogP contribution in [-0.4, -0.2) is 93.0 Å². The Bertz CT molecular complexity index is 672. The molecule has 0 amide bonds. The van der Waals surface area contributed by atoms with Crippen molar-refractivity contribution in [2.45, 2.75) is 25.6 Å². The summed E-state index contributed by atoms with van der Waals surface area (Å²) in [5.74, 6) is 0.688. The lowest BCUT2D eigenvalue weighted by molar-refractivity contribution is 0.254. The van der Waals surface area contributed by atoms with Gasteiger partial charge in [0.2, 0.25) is 10.0 Å². The highest BCUT2D eigenvalue weighted by Gasteiger charge is 2.28. The van der Waals surface area contributed by atoms with Crippen molar-refractivity contribution in [3.05, 3.63) is 18.0 Å². The number of sulfonamides is 1. The lowest BCUT2D eigenvalue weighted by Gasteiger charge is -2.36. The summed E-state index contributed by atoms with van der Waals surface area (Å²) < 4.78 is 31.2. The van der Waals surface area contributed by atoms with E-state index in [9.17, 15) is 8.42 Å². The summed E-state index contributed by atoms with van der Waals surface area (Å²) in [4.78, 5) is 8.68. The van der Waals surface area contributed by atoms with E-state index in [4.69, 9.17) is 4.52 Å². The molecule has 1 aromatic heterocycles. The van der Waals surface area contributed by atoms with E-state index in [2.05, 4.69) is 46.2 Å². The van der Waals surface area contributed by atoms with E-state index in [1.165, 1.54) is 10.6 Å².